The van der Waals surface area contributed by atoms with Gasteiger partial charge >= 0.3 is 0 Å². The lowest BCUT2D eigenvalue weighted by atomic mass is 10.1. The first-order valence-electron chi connectivity index (χ1n) is 3.47. The Kier molecular flexibility index (Phi) is 0.840. The minimum atomic E-state index is -0.469. The molecule has 3 fully saturated rings. The molecule has 0 aliphatic carbocycles. The maximum Gasteiger partial charge on any atom is 0.187 e. The summed E-state index contributed by atoms with van der Waals surface area (Å²) in [5, 5.41) is 9.38. The summed E-state index contributed by atoms with van der Waals surface area (Å²) in [6.45, 7) is 0.516. The van der Waals surface area contributed by atoms with Gasteiger partial charge in [-0.1, -0.05) is 0 Å². The Hall–Kier alpha value is -0.160. The molecule has 5 atom stereocenters. The van der Waals surface area contributed by atoms with Gasteiger partial charge in [-0.2, -0.15) is 0 Å². The SMILES string of the molecule is O[C@H]1C2O[C@H]2C2OC[C@H]1O2. The molecule has 3 saturated heterocycles. The van der Waals surface area contributed by atoms with Crippen molar-refractivity contribution in [2.24, 2.45) is 0 Å². The van der Waals surface area contributed by atoms with Gasteiger partial charge in [-0.15, -0.1) is 0 Å². The Bertz CT molecular complexity index is 169. The van der Waals surface area contributed by atoms with Crippen LogP contribution in [0.5, 0.6) is 0 Å². The third kappa shape index (κ3) is 0.509. The molecule has 0 spiro atoms. The topological polar surface area (TPSA) is 51.2 Å². The fourth-order valence-electron chi connectivity index (χ4n) is 1.63. The monoisotopic (exact) mass is 144 g/mol. The van der Waals surface area contributed by atoms with E-state index in [1.807, 2.05) is 0 Å². The summed E-state index contributed by atoms with van der Waals surface area (Å²) in [6.07, 6.45) is -0.809. The highest BCUT2D eigenvalue weighted by Crippen LogP contribution is 2.41. The molecule has 0 radical (unpaired) electrons. The van der Waals surface area contributed by atoms with Gasteiger partial charge in [0.05, 0.1) is 6.61 Å². The summed E-state index contributed by atoms with van der Waals surface area (Å²) in [5.41, 5.74) is 0. The molecular weight excluding hydrogens is 136 g/mol. The standard InChI is InChI=1S/C6H8O4/c7-3-2-1-8-6(9-2)5-4(3)10-5/h2-7H,1H2/t2-,3-,4?,5-,6?/m1/s1. The van der Waals surface area contributed by atoms with E-state index in [0.717, 1.165) is 0 Å². The van der Waals surface area contributed by atoms with E-state index in [4.69, 9.17) is 14.2 Å². The summed E-state index contributed by atoms with van der Waals surface area (Å²) in [6, 6.07) is 0. The van der Waals surface area contributed by atoms with Crippen molar-refractivity contribution >= 4 is 0 Å². The van der Waals surface area contributed by atoms with Gasteiger partial charge in [-0.25, -0.2) is 0 Å². The molecule has 1 N–H and O–H groups in total. The molecule has 0 saturated carbocycles. The maximum absolute atomic E-state index is 9.38. The Morgan fingerprint density at radius 3 is 3.00 bits per heavy atom. The third-order valence-electron chi connectivity index (χ3n) is 2.28. The Labute approximate surface area is 57.7 Å². The molecular formula is C6H8O4. The Balaban J connectivity index is 1.91. The van der Waals surface area contributed by atoms with Gasteiger partial charge in [-0.3, -0.25) is 0 Å². The van der Waals surface area contributed by atoms with Crippen LogP contribution in [0.15, 0.2) is 0 Å². The molecule has 0 amide bonds. The van der Waals surface area contributed by atoms with Gasteiger partial charge in [0.1, 0.15) is 24.4 Å². The van der Waals surface area contributed by atoms with E-state index in [-0.39, 0.29) is 24.6 Å². The molecule has 2 bridgehead atoms. The minimum absolute atomic E-state index is 0.00810. The fraction of sp³-hybridized carbons (Fsp3) is 1.00. The van der Waals surface area contributed by atoms with Crippen LogP contribution in [0, 0.1) is 0 Å². The zero-order chi connectivity index (χ0) is 6.72. The number of aliphatic hydroxyl groups is 1. The van der Waals surface area contributed by atoms with Crippen LogP contribution in [0.1, 0.15) is 0 Å². The van der Waals surface area contributed by atoms with E-state index >= 15 is 0 Å². The summed E-state index contributed by atoms with van der Waals surface area (Å²) >= 11 is 0. The van der Waals surface area contributed by atoms with Crippen molar-refractivity contribution in [2.45, 2.75) is 30.7 Å². The molecule has 3 heterocycles. The highest BCUT2D eigenvalue weighted by Gasteiger charge is 2.61. The number of aliphatic hydroxyl groups excluding tert-OH is 1. The van der Waals surface area contributed by atoms with Crippen LogP contribution in [0.25, 0.3) is 0 Å². The molecule has 56 valence electrons. The molecule has 3 rings (SSSR count). The lowest BCUT2D eigenvalue weighted by molar-refractivity contribution is -0.103. The van der Waals surface area contributed by atoms with Crippen LogP contribution in [0.2, 0.25) is 0 Å². The van der Waals surface area contributed by atoms with E-state index < -0.39 is 6.10 Å². The Morgan fingerprint density at radius 2 is 2.10 bits per heavy atom. The van der Waals surface area contributed by atoms with Gasteiger partial charge in [0, 0.05) is 0 Å². The number of ether oxygens (including phenoxy) is 3. The molecule has 10 heavy (non-hydrogen) atoms. The second-order valence-corrected chi connectivity index (χ2v) is 2.93. The number of fused-ring (bicyclic) bond motifs is 4. The van der Waals surface area contributed by atoms with Crippen molar-refractivity contribution < 1.29 is 19.3 Å². The van der Waals surface area contributed by atoms with E-state index in [1.165, 1.54) is 0 Å². The summed E-state index contributed by atoms with van der Waals surface area (Å²) in [5.74, 6) is 0. The van der Waals surface area contributed by atoms with Crippen LogP contribution in [0.3, 0.4) is 0 Å². The molecule has 3 aliphatic heterocycles. The van der Waals surface area contributed by atoms with Gasteiger partial charge in [0.2, 0.25) is 0 Å². The van der Waals surface area contributed by atoms with E-state index in [1.54, 1.807) is 0 Å². The van der Waals surface area contributed by atoms with Crippen molar-refractivity contribution in [2.75, 3.05) is 6.61 Å². The second kappa shape index (κ2) is 1.53. The zero-order valence-electron chi connectivity index (χ0n) is 5.27. The average molecular weight is 144 g/mol. The highest BCUT2D eigenvalue weighted by atomic mass is 16.8. The van der Waals surface area contributed by atoms with Gasteiger partial charge in [-0.05, 0) is 0 Å². The molecule has 4 heteroatoms. The van der Waals surface area contributed by atoms with Crippen molar-refractivity contribution in [1.82, 2.24) is 0 Å². The molecule has 3 aliphatic rings. The fourth-order valence-corrected chi connectivity index (χ4v) is 1.63. The number of epoxide rings is 1. The summed E-state index contributed by atoms with van der Waals surface area (Å²) < 4.78 is 15.6. The molecule has 4 nitrogen and oxygen atoms in total. The first-order valence-corrected chi connectivity index (χ1v) is 3.47. The van der Waals surface area contributed by atoms with Crippen LogP contribution < -0.4 is 0 Å². The van der Waals surface area contributed by atoms with Crippen molar-refractivity contribution in [1.29, 1.82) is 0 Å². The number of hydrogen-bond donors (Lipinski definition) is 1. The largest absolute Gasteiger partial charge is 0.387 e. The van der Waals surface area contributed by atoms with Crippen molar-refractivity contribution in [3.05, 3.63) is 0 Å². The van der Waals surface area contributed by atoms with Crippen LogP contribution in [-0.4, -0.2) is 42.4 Å². The van der Waals surface area contributed by atoms with Crippen LogP contribution >= 0.6 is 0 Å². The highest BCUT2D eigenvalue weighted by molar-refractivity contribution is 5.03. The van der Waals surface area contributed by atoms with E-state index in [2.05, 4.69) is 0 Å². The van der Waals surface area contributed by atoms with Crippen LogP contribution in [-0.2, 0) is 14.2 Å². The minimum Gasteiger partial charge on any atom is -0.387 e. The first kappa shape index (κ1) is 5.49. The maximum atomic E-state index is 9.38. The third-order valence-corrected chi connectivity index (χ3v) is 2.28. The predicted molar refractivity (Wildman–Crippen MR) is 29.3 cm³/mol. The average Bonchev–Trinajstić information content (AvgIpc) is 2.61. The lowest BCUT2D eigenvalue weighted by Crippen LogP contribution is -2.39. The molecule has 0 aromatic rings. The van der Waals surface area contributed by atoms with Gasteiger partial charge in [0.25, 0.3) is 0 Å². The normalized spacial score (nSPS) is 63.9. The Morgan fingerprint density at radius 1 is 1.20 bits per heavy atom. The van der Waals surface area contributed by atoms with Crippen molar-refractivity contribution in [3.8, 4) is 0 Å². The first-order chi connectivity index (χ1) is 4.86. The number of hydrogen-bond acceptors (Lipinski definition) is 4. The van der Waals surface area contributed by atoms with Gasteiger partial charge < -0.3 is 19.3 Å². The van der Waals surface area contributed by atoms with Gasteiger partial charge in [0.15, 0.2) is 6.29 Å². The predicted octanol–water partition coefficient (Wildman–Crippen LogP) is -1.13. The van der Waals surface area contributed by atoms with Crippen LogP contribution in [0.4, 0.5) is 0 Å². The second-order valence-electron chi connectivity index (χ2n) is 2.93. The smallest absolute Gasteiger partial charge is 0.187 e. The van der Waals surface area contributed by atoms with E-state index in [0.29, 0.717) is 6.61 Å². The molecule has 0 aromatic carbocycles. The van der Waals surface area contributed by atoms with E-state index in [9.17, 15) is 5.11 Å². The number of rotatable bonds is 0. The lowest BCUT2D eigenvalue weighted by Gasteiger charge is -2.18. The summed E-state index contributed by atoms with van der Waals surface area (Å²) in [7, 11) is 0. The quantitative estimate of drug-likeness (QED) is 0.437. The molecule has 0 aromatic heterocycles. The summed E-state index contributed by atoms with van der Waals surface area (Å²) in [4.78, 5) is 0. The zero-order valence-corrected chi connectivity index (χ0v) is 5.27. The molecule has 2 unspecified atom stereocenters. The van der Waals surface area contributed by atoms with Crippen molar-refractivity contribution in [3.63, 3.8) is 0 Å².